The van der Waals surface area contributed by atoms with Crippen LogP contribution in [0.3, 0.4) is 0 Å². The van der Waals surface area contributed by atoms with Gasteiger partial charge < -0.3 is 4.74 Å². The molecule has 0 heterocycles. The molecule has 14 heavy (non-hydrogen) atoms. The highest BCUT2D eigenvalue weighted by atomic mass is 79.9. The van der Waals surface area contributed by atoms with Gasteiger partial charge in [0.2, 0.25) is 0 Å². The molecule has 0 spiro atoms. The van der Waals surface area contributed by atoms with E-state index in [0.29, 0.717) is 11.4 Å². The highest BCUT2D eigenvalue weighted by Gasteiger charge is 2.33. The minimum absolute atomic E-state index is 0.00347. The summed E-state index contributed by atoms with van der Waals surface area (Å²) in [7, 11) is 0. The average molecular weight is 326 g/mol. The molecule has 0 N–H and O–H groups in total. The van der Waals surface area contributed by atoms with Gasteiger partial charge >= 0.3 is 5.97 Å². The number of carbonyl (C=O) groups excluding carboxylic acids is 1. The van der Waals surface area contributed by atoms with Crippen molar-refractivity contribution < 1.29 is 9.53 Å². The number of halogens is 2. The molecule has 1 aliphatic rings. The van der Waals surface area contributed by atoms with Crippen LogP contribution in [-0.4, -0.2) is 22.2 Å². The Labute approximate surface area is 101 Å². The maximum atomic E-state index is 11.6. The van der Waals surface area contributed by atoms with Crippen molar-refractivity contribution in [1.82, 2.24) is 0 Å². The van der Waals surface area contributed by atoms with Crippen LogP contribution in [0.5, 0.6) is 0 Å². The molecule has 0 aromatic heterocycles. The summed E-state index contributed by atoms with van der Waals surface area (Å²) < 4.78 is 5.03. The van der Waals surface area contributed by atoms with Crippen LogP contribution >= 0.6 is 31.9 Å². The van der Waals surface area contributed by atoms with E-state index in [1.54, 1.807) is 6.08 Å². The number of rotatable bonds is 3. The van der Waals surface area contributed by atoms with Gasteiger partial charge in [-0.1, -0.05) is 44.5 Å². The van der Waals surface area contributed by atoms with Gasteiger partial charge in [0.05, 0.1) is 5.92 Å². The van der Waals surface area contributed by atoms with E-state index in [4.69, 9.17) is 4.74 Å². The molecule has 0 bridgehead atoms. The summed E-state index contributed by atoms with van der Waals surface area (Å²) in [5.41, 5.74) is 0. The van der Waals surface area contributed by atoms with Gasteiger partial charge in [-0.3, -0.25) is 4.79 Å². The molecule has 0 saturated heterocycles. The Morgan fingerprint density at radius 3 is 2.79 bits per heavy atom. The zero-order valence-electron chi connectivity index (χ0n) is 7.92. The lowest BCUT2D eigenvalue weighted by atomic mass is 9.89. The molecular weight excluding hydrogens is 312 g/mol. The molecule has 1 saturated carbocycles. The van der Waals surface area contributed by atoms with Gasteiger partial charge in [-0.25, -0.2) is 0 Å². The molecule has 0 aromatic carbocycles. The minimum atomic E-state index is -0.105. The first kappa shape index (κ1) is 12.2. The number of ether oxygens (including phenoxy) is 1. The van der Waals surface area contributed by atoms with Crippen molar-refractivity contribution >= 4 is 37.8 Å². The molecule has 1 rings (SSSR count). The second kappa shape index (κ2) is 5.91. The van der Waals surface area contributed by atoms with E-state index < -0.39 is 0 Å². The first-order chi connectivity index (χ1) is 6.65. The van der Waals surface area contributed by atoms with Crippen molar-refractivity contribution in [3.05, 3.63) is 12.7 Å². The zero-order valence-corrected chi connectivity index (χ0v) is 11.1. The zero-order chi connectivity index (χ0) is 10.6. The lowest BCUT2D eigenvalue weighted by Crippen LogP contribution is -2.32. The number of carbonyl (C=O) groups is 1. The van der Waals surface area contributed by atoms with Gasteiger partial charge in [-0.05, 0) is 19.3 Å². The van der Waals surface area contributed by atoms with Gasteiger partial charge in [0.15, 0.2) is 0 Å². The second-order valence-electron chi connectivity index (χ2n) is 3.45. The predicted octanol–water partition coefficient (Wildman–Crippen LogP) is 3.04. The molecule has 3 atom stereocenters. The predicted molar refractivity (Wildman–Crippen MR) is 63.9 cm³/mol. The van der Waals surface area contributed by atoms with Gasteiger partial charge in [-0.15, -0.1) is 0 Å². The van der Waals surface area contributed by atoms with Crippen LogP contribution in [0.1, 0.15) is 19.3 Å². The number of esters is 1. The van der Waals surface area contributed by atoms with Gasteiger partial charge in [-0.2, -0.15) is 0 Å². The summed E-state index contributed by atoms with van der Waals surface area (Å²) in [5.74, 6) is -0.102. The quantitative estimate of drug-likeness (QED) is 0.453. The number of alkyl halides is 2. The van der Waals surface area contributed by atoms with Crippen molar-refractivity contribution in [3.63, 3.8) is 0 Å². The summed E-state index contributed by atoms with van der Waals surface area (Å²) in [5, 5.41) is 0. The molecule has 80 valence electrons. The fraction of sp³-hybridized carbons (Fsp3) is 0.700. The van der Waals surface area contributed by atoms with Crippen LogP contribution in [0.25, 0.3) is 0 Å². The van der Waals surface area contributed by atoms with E-state index in [1.807, 2.05) is 0 Å². The fourth-order valence-electron chi connectivity index (χ4n) is 1.58. The molecule has 0 radical (unpaired) electrons. The average Bonchev–Trinajstić information content (AvgIpc) is 2.14. The standard InChI is InChI=1S/C10H14Br2O2/c1-2-5-14-10(13)8-4-3-7(11)6-9(8)12/h2,7-9H,1,3-6H2. The number of hydrogen-bond donors (Lipinski definition) is 0. The SMILES string of the molecule is C=CCOC(=O)C1CCC(Br)CC1Br. The van der Waals surface area contributed by atoms with E-state index >= 15 is 0 Å². The summed E-state index contributed by atoms with van der Waals surface area (Å²) in [4.78, 5) is 12.3. The molecule has 2 nitrogen and oxygen atoms in total. The van der Waals surface area contributed by atoms with Crippen molar-refractivity contribution in [1.29, 1.82) is 0 Å². The molecule has 0 aliphatic heterocycles. The summed E-state index contributed by atoms with van der Waals surface area (Å²) in [6.07, 6.45) is 4.50. The first-order valence-corrected chi connectivity index (χ1v) is 6.54. The third-order valence-corrected chi connectivity index (χ3v) is 4.20. The Hall–Kier alpha value is 0.170. The lowest BCUT2D eigenvalue weighted by Gasteiger charge is -2.28. The molecule has 1 aliphatic carbocycles. The summed E-state index contributed by atoms with van der Waals surface area (Å²) in [6, 6.07) is 0. The first-order valence-electron chi connectivity index (χ1n) is 4.70. The van der Waals surface area contributed by atoms with E-state index in [2.05, 4.69) is 38.4 Å². The Morgan fingerprint density at radius 1 is 1.50 bits per heavy atom. The van der Waals surface area contributed by atoms with E-state index in [0.717, 1.165) is 19.3 Å². The summed E-state index contributed by atoms with van der Waals surface area (Å²) in [6.45, 7) is 3.82. The van der Waals surface area contributed by atoms with Crippen molar-refractivity contribution in [2.24, 2.45) is 5.92 Å². The fourth-order valence-corrected chi connectivity index (χ4v) is 3.68. The van der Waals surface area contributed by atoms with Gasteiger partial charge in [0.25, 0.3) is 0 Å². The highest BCUT2D eigenvalue weighted by Crippen LogP contribution is 2.34. The van der Waals surface area contributed by atoms with Crippen molar-refractivity contribution in [3.8, 4) is 0 Å². The molecular formula is C10H14Br2O2. The Kier molecular flexibility index (Phi) is 5.17. The number of hydrogen-bond acceptors (Lipinski definition) is 2. The Bertz CT molecular complexity index is 218. The van der Waals surface area contributed by atoms with E-state index in [1.165, 1.54) is 0 Å². The third-order valence-electron chi connectivity index (χ3n) is 2.35. The molecule has 0 amide bonds. The minimum Gasteiger partial charge on any atom is -0.461 e. The van der Waals surface area contributed by atoms with Crippen LogP contribution in [0.4, 0.5) is 0 Å². The maximum absolute atomic E-state index is 11.6. The summed E-state index contributed by atoms with van der Waals surface area (Å²) >= 11 is 7.09. The van der Waals surface area contributed by atoms with E-state index in [9.17, 15) is 4.79 Å². The largest absolute Gasteiger partial charge is 0.461 e. The van der Waals surface area contributed by atoms with Crippen LogP contribution in [0.15, 0.2) is 12.7 Å². The lowest BCUT2D eigenvalue weighted by molar-refractivity contribution is -0.147. The Balaban J connectivity index is 2.42. The van der Waals surface area contributed by atoms with Crippen molar-refractivity contribution in [2.75, 3.05) is 6.61 Å². The molecule has 3 unspecified atom stereocenters. The van der Waals surface area contributed by atoms with Crippen molar-refractivity contribution in [2.45, 2.75) is 28.9 Å². The third kappa shape index (κ3) is 3.39. The van der Waals surface area contributed by atoms with Gasteiger partial charge in [0.1, 0.15) is 6.61 Å². The van der Waals surface area contributed by atoms with Crippen LogP contribution in [-0.2, 0) is 9.53 Å². The van der Waals surface area contributed by atoms with Crippen LogP contribution < -0.4 is 0 Å². The van der Waals surface area contributed by atoms with Crippen LogP contribution in [0.2, 0.25) is 0 Å². The maximum Gasteiger partial charge on any atom is 0.310 e. The highest BCUT2D eigenvalue weighted by molar-refractivity contribution is 9.10. The van der Waals surface area contributed by atoms with Crippen LogP contribution in [0, 0.1) is 5.92 Å². The van der Waals surface area contributed by atoms with E-state index in [-0.39, 0.29) is 16.7 Å². The Morgan fingerprint density at radius 2 is 2.21 bits per heavy atom. The van der Waals surface area contributed by atoms with Gasteiger partial charge in [0, 0.05) is 9.65 Å². The monoisotopic (exact) mass is 324 g/mol. The molecule has 0 aromatic rings. The normalized spacial score (nSPS) is 32.3. The smallest absolute Gasteiger partial charge is 0.310 e. The second-order valence-corrected chi connectivity index (χ2v) is 5.92. The molecule has 1 fully saturated rings. The topological polar surface area (TPSA) is 26.3 Å². The molecule has 4 heteroatoms.